The lowest BCUT2D eigenvalue weighted by Gasteiger charge is -2.18. The molecule has 292 valence electrons. The number of esters is 2. The summed E-state index contributed by atoms with van der Waals surface area (Å²) in [6, 6.07) is 0. The second kappa shape index (κ2) is 32.4. The van der Waals surface area contributed by atoms with Gasteiger partial charge in [-0.3, -0.25) is 14.1 Å². The highest BCUT2D eigenvalue weighted by molar-refractivity contribution is 7.46. The van der Waals surface area contributed by atoms with Gasteiger partial charge in [0, 0.05) is 12.8 Å². The third-order valence-electron chi connectivity index (χ3n) is 8.43. The van der Waals surface area contributed by atoms with Gasteiger partial charge in [0.1, 0.15) is 6.61 Å². The summed E-state index contributed by atoms with van der Waals surface area (Å²) in [5.74, 6) is -0.977. The Balaban J connectivity index is 2.13. The molecule has 0 aromatic carbocycles. The number of allylic oxidation sites excluding steroid dienone is 9. The Kier molecular flexibility index (Phi) is 29.7. The van der Waals surface area contributed by atoms with E-state index in [0.717, 1.165) is 64.2 Å². The fourth-order valence-electron chi connectivity index (χ4n) is 5.37. The van der Waals surface area contributed by atoms with Crippen molar-refractivity contribution in [3.05, 3.63) is 60.8 Å². The third kappa shape index (κ3) is 32.1. The smallest absolute Gasteiger partial charge is 0.462 e. The SMILES string of the molecule is CCCCC/C=C\C/C=C\C/C=C\C/C=C\CCCC(=O)OC[C@H](COP(=O)(O)O)OC(=O)CCCCCCC/C=C\CC1OC1CCCCC. The molecule has 1 saturated heterocycles. The van der Waals surface area contributed by atoms with Gasteiger partial charge in [-0.15, -0.1) is 0 Å². The Bertz CT molecular complexity index is 1080. The quantitative estimate of drug-likeness (QED) is 0.0218. The van der Waals surface area contributed by atoms with Crippen LogP contribution >= 0.6 is 7.82 Å². The van der Waals surface area contributed by atoms with Crippen molar-refractivity contribution in [2.75, 3.05) is 13.2 Å². The molecule has 0 saturated carbocycles. The van der Waals surface area contributed by atoms with Crippen molar-refractivity contribution in [2.45, 2.75) is 173 Å². The van der Waals surface area contributed by atoms with Crippen LogP contribution in [-0.2, 0) is 32.9 Å². The Morgan fingerprint density at radius 2 is 1.16 bits per heavy atom. The fourth-order valence-corrected chi connectivity index (χ4v) is 5.73. The summed E-state index contributed by atoms with van der Waals surface area (Å²) in [5, 5.41) is 0. The van der Waals surface area contributed by atoms with Gasteiger partial charge >= 0.3 is 19.8 Å². The molecule has 1 heterocycles. The van der Waals surface area contributed by atoms with Crippen LogP contribution in [0.3, 0.4) is 0 Å². The first-order valence-corrected chi connectivity index (χ1v) is 21.2. The largest absolute Gasteiger partial charge is 0.469 e. The summed E-state index contributed by atoms with van der Waals surface area (Å²) >= 11 is 0. The van der Waals surface area contributed by atoms with Gasteiger partial charge in [0.25, 0.3) is 0 Å². The first-order valence-electron chi connectivity index (χ1n) is 19.7. The minimum atomic E-state index is -4.77. The zero-order chi connectivity index (χ0) is 37.3. The summed E-state index contributed by atoms with van der Waals surface area (Å²) < 4.78 is 32.0. The van der Waals surface area contributed by atoms with Crippen LogP contribution < -0.4 is 0 Å². The van der Waals surface area contributed by atoms with Crippen molar-refractivity contribution in [1.29, 1.82) is 0 Å². The van der Waals surface area contributed by atoms with Crippen LogP contribution in [0.15, 0.2) is 60.8 Å². The monoisotopic (exact) mass is 736 g/mol. The number of phosphoric ester groups is 1. The number of epoxide rings is 1. The predicted octanol–water partition coefficient (Wildman–Crippen LogP) is 10.7. The first kappa shape index (κ1) is 46.7. The summed E-state index contributed by atoms with van der Waals surface area (Å²) in [5.41, 5.74) is 0. The molecule has 0 aliphatic carbocycles. The van der Waals surface area contributed by atoms with Crippen LogP contribution in [0.4, 0.5) is 0 Å². The minimum Gasteiger partial charge on any atom is -0.462 e. The van der Waals surface area contributed by atoms with Crippen LogP contribution in [-0.4, -0.2) is 53.3 Å². The highest BCUT2D eigenvalue weighted by Gasteiger charge is 2.36. The van der Waals surface area contributed by atoms with Gasteiger partial charge in [-0.1, -0.05) is 126 Å². The fraction of sp³-hybridized carbons (Fsp3) is 0.707. The van der Waals surface area contributed by atoms with E-state index in [1.807, 2.05) is 6.08 Å². The van der Waals surface area contributed by atoms with E-state index in [9.17, 15) is 14.2 Å². The number of phosphoric acid groups is 1. The highest BCUT2D eigenvalue weighted by Crippen LogP contribution is 2.36. The minimum absolute atomic E-state index is 0.177. The molecule has 2 N–H and O–H groups in total. The summed E-state index contributed by atoms with van der Waals surface area (Å²) in [6.45, 7) is 3.55. The molecular formula is C41H69O9P. The zero-order valence-corrected chi connectivity index (χ0v) is 32.6. The molecule has 2 unspecified atom stereocenters. The van der Waals surface area contributed by atoms with Gasteiger partial charge in [-0.05, 0) is 77.0 Å². The number of ether oxygens (including phenoxy) is 3. The van der Waals surface area contributed by atoms with Crippen LogP contribution in [0.5, 0.6) is 0 Å². The highest BCUT2D eigenvalue weighted by atomic mass is 31.2. The molecular weight excluding hydrogens is 667 g/mol. The molecule has 9 nitrogen and oxygen atoms in total. The molecule has 1 fully saturated rings. The molecule has 0 radical (unpaired) electrons. The van der Waals surface area contributed by atoms with Crippen molar-refractivity contribution < 1.29 is 42.7 Å². The maximum atomic E-state index is 12.4. The van der Waals surface area contributed by atoms with Crippen molar-refractivity contribution in [1.82, 2.24) is 0 Å². The topological polar surface area (TPSA) is 132 Å². The van der Waals surface area contributed by atoms with E-state index >= 15 is 0 Å². The van der Waals surface area contributed by atoms with Crippen LogP contribution in [0.2, 0.25) is 0 Å². The maximum absolute atomic E-state index is 12.4. The Morgan fingerprint density at radius 3 is 1.80 bits per heavy atom. The van der Waals surface area contributed by atoms with Crippen molar-refractivity contribution in [3.63, 3.8) is 0 Å². The molecule has 0 bridgehead atoms. The predicted molar refractivity (Wildman–Crippen MR) is 206 cm³/mol. The van der Waals surface area contributed by atoms with Crippen molar-refractivity contribution in [3.8, 4) is 0 Å². The lowest BCUT2D eigenvalue weighted by molar-refractivity contribution is -0.161. The lowest BCUT2D eigenvalue weighted by atomic mass is 10.1. The number of hydrogen-bond donors (Lipinski definition) is 2. The Labute approximate surface area is 309 Å². The molecule has 51 heavy (non-hydrogen) atoms. The number of unbranched alkanes of at least 4 members (excludes halogenated alkanes) is 11. The second-order valence-corrected chi connectivity index (χ2v) is 14.5. The van der Waals surface area contributed by atoms with Crippen LogP contribution in [0.25, 0.3) is 0 Å². The van der Waals surface area contributed by atoms with Gasteiger partial charge in [-0.2, -0.15) is 0 Å². The van der Waals surface area contributed by atoms with Gasteiger partial charge in [0.15, 0.2) is 6.10 Å². The molecule has 1 rings (SSSR count). The zero-order valence-electron chi connectivity index (χ0n) is 31.7. The number of carbonyl (C=O) groups is 2. The summed E-state index contributed by atoms with van der Waals surface area (Å²) in [4.78, 5) is 42.8. The number of carbonyl (C=O) groups excluding carboxylic acids is 2. The molecule has 0 aromatic heterocycles. The van der Waals surface area contributed by atoms with Gasteiger partial charge < -0.3 is 24.0 Å². The molecule has 1 aliphatic heterocycles. The molecule has 0 aromatic rings. The van der Waals surface area contributed by atoms with Gasteiger partial charge in [-0.25, -0.2) is 4.57 Å². The Hall–Kier alpha value is -2.29. The van der Waals surface area contributed by atoms with Crippen LogP contribution in [0, 0.1) is 0 Å². The number of rotatable bonds is 34. The number of hydrogen-bond acceptors (Lipinski definition) is 7. The standard InChI is InChI=1S/C41H69O9P/c1-3-5-7-8-9-10-11-12-13-14-15-16-17-18-22-25-29-33-40(42)47-35-37(36-48-51(44,45)46)49-41(43)34-30-26-23-20-19-21-24-28-32-39-38(50-39)31-27-6-4-2/h9-10,12-13,15-16,18,22,24,28,37-39H,3-8,11,14,17,19-21,23,25-27,29-36H2,1-2H3,(H2,44,45,46)/b10-9-,13-12-,16-15-,22-18-,28-24-/t37-,38?,39?/m1/s1. The van der Waals surface area contributed by atoms with E-state index in [2.05, 4.69) is 73.1 Å². The van der Waals surface area contributed by atoms with E-state index in [4.69, 9.17) is 24.0 Å². The molecule has 0 amide bonds. The van der Waals surface area contributed by atoms with E-state index < -0.39 is 32.5 Å². The van der Waals surface area contributed by atoms with E-state index in [-0.39, 0.29) is 19.4 Å². The Morgan fingerprint density at radius 1 is 0.627 bits per heavy atom. The maximum Gasteiger partial charge on any atom is 0.469 e. The van der Waals surface area contributed by atoms with E-state index in [1.54, 1.807) is 0 Å². The molecule has 0 spiro atoms. The van der Waals surface area contributed by atoms with E-state index in [1.165, 1.54) is 51.4 Å². The average Bonchev–Trinajstić information content (AvgIpc) is 3.85. The normalized spacial score (nSPS) is 17.1. The van der Waals surface area contributed by atoms with Crippen LogP contribution in [0.1, 0.15) is 155 Å². The first-order chi connectivity index (χ1) is 24.7. The third-order valence-corrected chi connectivity index (χ3v) is 8.92. The van der Waals surface area contributed by atoms with Crippen molar-refractivity contribution >= 4 is 19.8 Å². The van der Waals surface area contributed by atoms with Crippen molar-refractivity contribution in [2.24, 2.45) is 0 Å². The molecule has 10 heteroatoms. The second-order valence-electron chi connectivity index (χ2n) is 13.3. The van der Waals surface area contributed by atoms with Gasteiger partial charge in [0.2, 0.25) is 0 Å². The summed E-state index contributed by atoms with van der Waals surface area (Å²) in [6.07, 6.45) is 42.6. The average molecular weight is 737 g/mol. The molecule has 1 aliphatic rings. The van der Waals surface area contributed by atoms with Gasteiger partial charge in [0.05, 0.1) is 18.8 Å². The summed E-state index contributed by atoms with van der Waals surface area (Å²) in [7, 11) is -4.77. The van der Waals surface area contributed by atoms with E-state index in [0.29, 0.717) is 25.0 Å². The lowest BCUT2D eigenvalue weighted by Crippen LogP contribution is -2.29. The molecule has 3 atom stereocenters.